The zero-order chi connectivity index (χ0) is 13.2. The van der Waals surface area contributed by atoms with Crippen LogP contribution in [0.15, 0.2) is 0 Å². The summed E-state index contributed by atoms with van der Waals surface area (Å²) in [4.78, 5) is 11.0. The summed E-state index contributed by atoms with van der Waals surface area (Å²) in [6, 6.07) is 0. The number of carbonyl (C=O) groups is 1. The molecule has 0 bridgehead atoms. The van der Waals surface area contributed by atoms with Crippen LogP contribution in [0.3, 0.4) is 0 Å². The molecule has 0 aliphatic carbocycles. The summed E-state index contributed by atoms with van der Waals surface area (Å²) >= 11 is 0. The predicted molar refractivity (Wildman–Crippen MR) is 63.1 cm³/mol. The van der Waals surface area contributed by atoms with E-state index in [-0.39, 0.29) is 17.9 Å². The molecule has 8 heteroatoms. The summed E-state index contributed by atoms with van der Waals surface area (Å²) in [6.07, 6.45) is 1.13. The van der Waals surface area contributed by atoms with Crippen LogP contribution in [0.1, 0.15) is 16.1 Å². The maximum Gasteiger partial charge on any atom is 0.341 e. The largest absolute Gasteiger partial charge is 0.477 e. The summed E-state index contributed by atoms with van der Waals surface area (Å²) in [5, 5.41) is 15.8. The van der Waals surface area contributed by atoms with E-state index < -0.39 is 15.8 Å². The maximum atomic E-state index is 11.0. The molecule has 0 atom stereocenters. The summed E-state index contributed by atoms with van der Waals surface area (Å²) < 4.78 is 23.3. The van der Waals surface area contributed by atoms with Gasteiger partial charge in [-0.2, -0.15) is 5.10 Å². The fourth-order valence-corrected chi connectivity index (χ4v) is 1.94. The number of aromatic carboxylic acids is 1. The van der Waals surface area contributed by atoms with Crippen molar-refractivity contribution >= 4 is 21.6 Å². The Morgan fingerprint density at radius 2 is 2.12 bits per heavy atom. The second kappa shape index (κ2) is 4.74. The van der Waals surface area contributed by atoms with Gasteiger partial charge in [0.15, 0.2) is 0 Å². The van der Waals surface area contributed by atoms with Crippen LogP contribution in [0.2, 0.25) is 0 Å². The Hall–Kier alpha value is -1.57. The van der Waals surface area contributed by atoms with Gasteiger partial charge in [-0.05, 0) is 6.92 Å². The van der Waals surface area contributed by atoms with Gasteiger partial charge in [0.05, 0.1) is 11.4 Å². The monoisotopic (exact) mass is 261 g/mol. The van der Waals surface area contributed by atoms with Gasteiger partial charge < -0.3 is 10.4 Å². The molecule has 96 valence electrons. The van der Waals surface area contributed by atoms with Gasteiger partial charge in [0, 0.05) is 19.8 Å². The highest BCUT2D eigenvalue weighted by Crippen LogP contribution is 2.18. The van der Waals surface area contributed by atoms with Crippen LogP contribution in [0.25, 0.3) is 0 Å². The molecule has 17 heavy (non-hydrogen) atoms. The first kappa shape index (κ1) is 13.5. The van der Waals surface area contributed by atoms with Crippen LogP contribution in [0, 0.1) is 6.92 Å². The Morgan fingerprint density at radius 3 is 2.59 bits per heavy atom. The van der Waals surface area contributed by atoms with E-state index in [1.54, 1.807) is 14.0 Å². The van der Waals surface area contributed by atoms with Crippen LogP contribution in [0.4, 0.5) is 5.82 Å². The molecule has 0 radical (unpaired) electrons. The molecule has 1 heterocycles. The Balaban J connectivity index is 2.87. The van der Waals surface area contributed by atoms with Crippen molar-refractivity contribution in [2.24, 2.45) is 7.05 Å². The van der Waals surface area contributed by atoms with Crippen molar-refractivity contribution in [2.45, 2.75) is 6.92 Å². The van der Waals surface area contributed by atoms with Crippen LogP contribution < -0.4 is 5.32 Å². The number of hydrogen-bond acceptors (Lipinski definition) is 5. The number of sulfone groups is 1. The van der Waals surface area contributed by atoms with Gasteiger partial charge in [0.25, 0.3) is 0 Å². The number of aryl methyl sites for hydroxylation is 2. The van der Waals surface area contributed by atoms with Gasteiger partial charge in [0.2, 0.25) is 0 Å². The Bertz CT molecular complexity index is 533. The minimum atomic E-state index is -3.07. The highest BCUT2D eigenvalue weighted by atomic mass is 32.2. The number of anilines is 1. The van der Waals surface area contributed by atoms with Crippen molar-refractivity contribution in [3.63, 3.8) is 0 Å². The summed E-state index contributed by atoms with van der Waals surface area (Å²) in [6.45, 7) is 1.74. The number of nitrogens with zero attached hydrogens (tertiary/aromatic N) is 2. The van der Waals surface area contributed by atoms with Gasteiger partial charge in [-0.25, -0.2) is 13.2 Å². The number of carboxylic acid groups (broad SMARTS) is 1. The lowest BCUT2D eigenvalue weighted by Crippen LogP contribution is -2.17. The molecule has 0 aliphatic heterocycles. The lowest BCUT2D eigenvalue weighted by Gasteiger charge is -2.06. The van der Waals surface area contributed by atoms with Gasteiger partial charge >= 0.3 is 5.97 Å². The van der Waals surface area contributed by atoms with Crippen molar-refractivity contribution in [1.82, 2.24) is 9.78 Å². The van der Waals surface area contributed by atoms with E-state index in [1.165, 1.54) is 4.68 Å². The zero-order valence-corrected chi connectivity index (χ0v) is 10.7. The molecule has 0 aromatic carbocycles. The summed E-state index contributed by atoms with van der Waals surface area (Å²) in [5.74, 6) is -0.827. The van der Waals surface area contributed by atoms with E-state index in [4.69, 9.17) is 5.11 Å². The van der Waals surface area contributed by atoms with E-state index in [9.17, 15) is 13.2 Å². The molecule has 0 aliphatic rings. The molecular formula is C9H15N3O4S. The van der Waals surface area contributed by atoms with Crippen molar-refractivity contribution in [1.29, 1.82) is 0 Å². The van der Waals surface area contributed by atoms with Crippen LogP contribution >= 0.6 is 0 Å². The highest BCUT2D eigenvalue weighted by Gasteiger charge is 2.19. The number of rotatable bonds is 5. The summed E-state index contributed by atoms with van der Waals surface area (Å²) in [5.41, 5.74) is 0.461. The van der Waals surface area contributed by atoms with Crippen LogP contribution in [-0.4, -0.2) is 47.8 Å². The topological polar surface area (TPSA) is 101 Å². The third-order valence-electron chi connectivity index (χ3n) is 2.20. The van der Waals surface area contributed by atoms with Crippen LogP contribution in [0.5, 0.6) is 0 Å². The Labute approximate surface area is 99.4 Å². The van der Waals surface area contributed by atoms with Gasteiger partial charge in [0.1, 0.15) is 21.2 Å². The smallest absolute Gasteiger partial charge is 0.341 e. The fourth-order valence-electron chi connectivity index (χ4n) is 1.47. The van der Waals surface area contributed by atoms with Crippen molar-refractivity contribution in [3.05, 3.63) is 11.3 Å². The van der Waals surface area contributed by atoms with E-state index >= 15 is 0 Å². The Kier molecular flexibility index (Phi) is 3.76. The van der Waals surface area contributed by atoms with Gasteiger partial charge in [-0.15, -0.1) is 0 Å². The zero-order valence-electron chi connectivity index (χ0n) is 9.89. The number of hydrogen-bond donors (Lipinski definition) is 2. The molecule has 0 saturated heterocycles. The molecule has 1 aromatic rings. The quantitative estimate of drug-likeness (QED) is 0.766. The molecule has 1 aromatic heterocycles. The first-order valence-corrected chi connectivity index (χ1v) is 6.97. The molecule has 1 rings (SSSR count). The van der Waals surface area contributed by atoms with E-state index in [0.717, 1.165) is 6.26 Å². The molecule has 0 saturated carbocycles. The minimum absolute atomic E-state index is 0.0592. The molecule has 2 N–H and O–H groups in total. The second-order valence-electron chi connectivity index (χ2n) is 3.79. The maximum absolute atomic E-state index is 11.0. The number of aromatic nitrogens is 2. The minimum Gasteiger partial charge on any atom is -0.477 e. The van der Waals surface area contributed by atoms with Crippen LogP contribution in [-0.2, 0) is 16.9 Å². The molecule has 0 amide bonds. The second-order valence-corrected chi connectivity index (χ2v) is 6.05. The summed E-state index contributed by atoms with van der Waals surface area (Å²) in [7, 11) is -1.47. The number of nitrogens with one attached hydrogen (secondary N) is 1. The van der Waals surface area contributed by atoms with Crippen molar-refractivity contribution in [3.8, 4) is 0 Å². The third-order valence-corrected chi connectivity index (χ3v) is 3.15. The van der Waals surface area contributed by atoms with Gasteiger partial charge in [-0.1, -0.05) is 0 Å². The van der Waals surface area contributed by atoms with E-state index in [2.05, 4.69) is 10.4 Å². The first-order valence-electron chi connectivity index (χ1n) is 4.91. The molecular weight excluding hydrogens is 246 g/mol. The normalized spacial score (nSPS) is 11.5. The fraction of sp³-hybridized carbons (Fsp3) is 0.556. The lowest BCUT2D eigenvalue weighted by molar-refractivity contribution is 0.0697. The molecule has 0 spiro atoms. The van der Waals surface area contributed by atoms with E-state index in [1.807, 2.05) is 0 Å². The molecule has 0 unspecified atom stereocenters. The predicted octanol–water partition coefficient (Wildman–Crippen LogP) is -0.117. The number of carboxylic acids is 1. The average Bonchev–Trinajstić information content (AvgIpc) is 2.39. The van der Waals surface area contributed by atoms with Gasteiger partial charge in [-0.3, -0.25) is 4.68 Å². The lowest BCUT2D eigenvalue weighted by atomic mass is 10.2. The van der Waals surface area contributed by atoms with Crippen molar-refractivity contribution in [2.75, 3.05) is 23.9 Å². The molecule has 0 fully saturated rings. The average molecular weight is 261 g/mol. The van der Waals surface area contributed by atoms with E-state index in [0.29, 0.717) is 11.5 Å². The first-order chi connectivity index (χ1) is 7.72. The third kappa shape index (κ3) is 3.45. The highest BCUT2D eigenvalue weighted by molar-refractivity contribution is 7.90. The standard InChI is InChI=1S/C9H15N3O4S/c1-6-7(9(13)14)8(12(2)11-6)10-4-5-17(3,15)16/h10H,4-5H2,1-3H3,(H,13,14). The molecule has 7 nitrogen and oxygen atoms in total. The Morgan fingerprint density at radius 1 is 1.53 bits per heavy atom. The SMILES string of the molecule is Cc1nn(C)c(NCCS(C)(=O)=O)c1C(=O)O. The van der Waals surface area contributed by atoms with Crippen molar-refractivity contribution < 1.29 is 18.3 Å².